The van der Waals surface area contributed by atoms with Crippen LogP contribution in [0.2, 0.25) is 0 Å². The maximum Gasteiger partial charge on any atom is 0.395 e. The van der Waals surface area contributed by atoms with Gasteiger partial charge in [0.15, 0.2) is 0 Å². The molecule has 1 aliphatic carbocycles. The highest BCUT2D eigenvalue weighted by Gasteiger charge is 2.37. The predicted octanol–water partition coefficient (Wildman–Crippen LogP) is 3.28. The second-order valence-electron chi connectivity index (χ2n) is 2.80. The van der Waals surface area contributed by atoms with Gasteiger partial charge in [0.25, 0.3) is 0 Å². The summed E-state index contributed by atoms with van der Waals surface area (Å²) < 4.78 is 36.4. The fourth-order valence-corrected chi connectivity index (χ4v) is 1.04. The Kier molecular flexibility index (Phi) is 2.60. The van der Waals surface area contributed by atoms with E-state index in [-0.39, 0.29) is 0 Å². The van der Waals surface area contributed by atoms with E-state index < -0.39 is 12.1 Å². The van der Waals surface area contributed by atoms with Crippen molar-refractivity contribution in [1.29, 1.82) is 0 Å². The summed E-state index contributed by atoms with van der Waals surface area (Å²) in [6.07, 6.45) is 3.10. The predicted molar refractivity (Wildman–Crippen MR) is 41.4 cm³/mol. The van der Waals surface area contributed by atoms with E-state index in [1.807, 2.05) is 6.42 Å². The lowest BCUT2D eigenvalue weighted by atomic mass is 9.95. The summed E-state index contributed by atoms with van der Waals surface area (Å²) in [6, 6.07) is 0. The Balaban J connectivity index is 2.70. The van der Waals surface area contributed by atoms with Crippen LogP contribution in [-0.2, 0) is 0 Å². The highest BCUT2D eigenvalue weighted by atomic mass is 19.4. The zero-order chi connectivity index (χ0) is 9.19. The largest absolute Gasteiger partial charge is 0.395 e. The van der Waals surface area contributed by atoms with Crippen molar-refractivity contribution >= 4 is 0 Å². The number of allylic oxidation sites excluding steroid dienone is 4. The van der Waals surface area contributed by atoms with E-state index in [1.54, 1.807) is 12.2 Å². The summed E-state index contributed by atoms with van der Waals surface area (Å²) in [7, 11) is 0. The van der Waals surface area contributed by atoms with E-state index in [0.717, 1.165) is 0 Å². The molecule has 1 unspecified atom stereocenters. The Bertz CT molecular complexity index is 210. The summed E-state index contributed by atoms with van der Waals surface area (Å²) >= 11 is 0. The van der Waals surface area contributed by atoms with Gasteiger partial charge in [0.2, 0.25) is 0 Å². The van der Waals surface area contributed by atoms with Crippen LogP contribution < -0.4 is 0 Å². The Morgan fingerprint density at radius 3 is 2.50 bits per heavy atom. The Morgan fingerprint density at radius 1 is 1.42 bits per heavy atom. The van der Waals surface area contributed by atoms with Gasteiger partial charge in [0.1, 0.15) is 0 Å². The first kappa shape index (κ1) is 9.36. The van der Waals surface area contributed by atoms with Gasteiger partial charge in [-0.3, -0.25) is 0 Å². The molecule has 0 fully saturated rings. The lowest BCUT2D eigenvalue weighted by molar-refractivity contribution is -0.158. The molecule has 0 aromatic rings. The molecule has 12 heavy (non-hydrogen) atoms. The van der Waals surface area contributed by atoms with Gasteiger partial charge in [0, 0.05) is 0 Å². The van der Waals surface area contributed by atoms with E-state index in [2.05, 4.69) is 0 Å². The van der Waals surface area contributed by atoms with Crippen LogP contribution >= 0.6 is 0 Å². The molecule has 0 saturated carbocycles. The Labute approximate surface area is 69.8 Å². The van der Waals surface area contributed by atoms with Crippen LogP contribution in [0.5, 0.6) is 0 Å². The summed E-state index contributed by atoms with van der Waals surface area (Å²) in [5, 5.41) is 0. The monoisotopic (exact) mass is 175 g/mol. The molecule has 0 saturated heterocycles. The summed E-state index contributed by atoms with van der Waals surface area (Å²) in [4.78, 5) is 0. The van der Waals surface area contributed by atoms with Crippen molar-refractivity contribution in [3.63, 3.8) is 0 Å². The normalized spacial score (nSPS) is 20.5. The summed E-state index contributed by atoms with van der Waals surface area (Å²) in [6.45, 7) is 1.18. The van der Waals surface area contributed by atoms with Crippen molar-refractivity contribution in [1.82, 2.24) is 0 Å². The Morgan fingerprint density at radius 2 is 2.08 bits per heavy atom. The quantitative estimate of drug-likeness (QED) is 0.573. The molecule has 0 aromatic carbocycles. The minimum absolute atomic E-state index is 0.366. The maximum absolute atomic E-state index is 12.1. The van der Waals surface area contributed by atoms with Gasteiger partial charge in [-0.1, -0.05) is 18.2 Å². The van der Waals surface area contributed by atoms with Crippen LogP contribution in [0.4, 0.5) is 13.2 Å². The molecule has 0 heterocycles. The number of alkyl halides is 3. The van der Waals surface area contributed by atoms with Gasteiger partial charge in [-0.25, -0.2) is 0 Å². The number of hydrogen-bond acceptors (Lipinski definition) is 0. The molecule has 0 aliphatic heterocycles. The molecule has 0 aromatic heterocycles. The van der Waals surface area contributed by atoms with E-state index >= 15 is 0 Å². The lowest BCUT2D eigenvalue weighted by Crippen LogP contribution is -2.21. The fourth-order valence-electron chi connectivity index (χ4n) is 1.04. The van der Waals surface area contributed by atoms with Crippen LogP contribution in [0.25, 0.3) is 0 Å². The van der Waals surface area contributed by atoms with Crippen LogP contribution in [0.3, 0.4) is 0 Å². The van der Waals surface area contributed by atoms with Crippen molar-refractivity contribution in [3.05, 3.63) is 30.2 Å². The van der Waals surface area contributed by atoms with Gasteiger partial charge in [-0.2, -0.15) is 13.2 Å². The van der Waals surface area contributed by atoms with E-state index in [1.165, 1.54) is 13.0 Å². The van der Waals surface area contributed by atoms with E-state index in [4.69, 9.17) is 0 Å². The second-order valence-corrected chi connectivity index (χ2v) is 2.80. The summed E-state index contributed by atoms with van der Waals surface area (Å²) in [5.74, 6) is -1.34. The minimum Gasteiger partial charge on any atom is -0.170 e. The van der Waals surface area contributed by atoms with Gasteiger partial charge < -0.3 is 0 Å². The van der Waals surface area contributed by atoms with Crippen LogP contribution in [0, 0.1) is 12.3 Å². The van der Waals surface area contributed by atoms with Gasteiger partial charge in [0.05, 0.1) is 5.92 Å². The number of hydrogen-bond donors (Lipinski definition) is 0. The molecule has 67 valence electrons. The average Bonchev–Trinajstić information content (AvgIpc) is 2.03. The molecular weight excluding hydrogens is 165 g/mol. The molecule has 0 bridgehead atoms. The van der Waals surface area contributed by atoms with Crippen LogP contribution in [-0.4, -0.2) is 6.18 Å². The standard InChI is InChI=1S/C9H10F3/c1-7(9(10,11)12)8-5-3-2-4-6-8/h2-3,5-7H,4H2,1H3. The van der Waals surface area contributed by atoms with Gasteiger partial charge in [-0.05, 0) is 25.3 Å². The molecule has 0 spiro atoms. The number of halogens is 3. The van der Waals surface area contributed by atoms with Crippen molar-refractivity contribution in [2.45, 2.75) is 19.5 Å². The van der Waals surface area contributed by atoms with E-state index in [9.17, 15) is 13.2 Å². The molecular formula is C9H10F3. The van der Waals surface area contributed by atoms with Crippen LogP contribution in [0.15, 0.2) is 23.8 Å². The highest BCUT2D eigenvalue weighted by Crippen LogP contribution is 2.33. The maximum atomic E-state index is 12.1. The average molecular weight is 175 g/mol. The zero-order valence-electron chi connectivity index (χ0n) is 6.73. The third-order valence-electron chi connectivity index (χ3n) is 1.91. The topological polar surface area (TPSA) is 0 Å². The first-order chi connectivity index (χ1) is 5.52. The molecule has 0 N–H and O–H groups in total. The first-order valence-electron chi connectivity index (χ1n) is 3.78. The molecule has 1 aliphatic rings. The molecule has 1 atom stereocenters. The second kappa shape index (κ2) is 3.33. The molecule has 3 heteroatoms. The van der Waals surface area contributed by atoms with Crippen molar-refractivity contribution in [2.24, 2.45) is 5.92 Å². The molecule has 1 radical (unpaired) electrons. The third kappa shape index (κ3) is 2.13. The van der Waals surface area contributed by atoms with Gasteiger partial charge in [-0.15, -0.1) is 0 Å². The molecule has 0 amide bonds. The molecule has 1 rings (SSSR count). The third-order valence-corrected chi connectivity index (χ3v) is 1.91. The van der Waals surface area contributed by atoms with Crippen molar-refractivity contribution in [3.8, 4) is 0 Å². The van der Waals surface area contributed by atoms with Crippen molar-refractivity contribution in [2.75, 3.05) is 0 Å². The summed E-state index contributed by atoms with van der Waals surface area (Å²) in [5.41, 5.74) is 0.366. The molecule has 0 nitrogen and oxygen atoms in total. The minimum atomic E-state index is -4.12. The Hall–Kier alpha value is -0.730. The SMILES string of the molecule is CC(C1=CC[CH]C=C1)C(F)(F)F. The lowest BCUT2D eigenvalue weighted by Gasteiger charge is -2.18. The van der Waals surface area contributed by atoms with Crippen LogP contribution in [0.1, 0.15) is 13.3 Å². The smallest absolute Gasteiger partial charge is 0.170 e. The zero-order valence-corrected chi connectivity index (χ0v) is 6.73. The van der Waals surface area contributed by atoms with Crippen molar-refractivity contribution < 1.29 is 13.2 Å². The number of rotatable bonds is 1. The first-order valence-corrected chi connectivity index (χ1v) is 3.78. The van der Waals surface area contributed by atoms with Gasteiger partial charge >= 0.3 is 6.18 Å². The fraction of sp³-hybridized carbons (Fsp3) is 0.444. The highest BCUT2D eigenvalue weighted by molar-refractivity contribution is 5.29. The van der Waals surface area contributed by atoms with E-state index in [0.29, 0.717) is 12.0 Å².